The van der Waals surface area contributed by atoms with Crippen LogP contribution in [0.1, 0.15) is 36.5 Å². The summed E-state index contributed by atoms with van der Waals surface area (Å²) in [6.45, 7) is 2.45. The van der Waals surface area contributed by atoms with E-state index in [0.717, 1.165) is 33.2 Å². The first-order valence-corrected chi connectivity index (χ1v) is 19.2. The number of carbonyl (C=O) groups excluding carboxylic acids is 3. The fourth-order valence-electron chi connectivity index (χ4n) is 9.59. The maximum atomic E-state index is 14.2. The Morgan fingerprint density at radius 3 is 2.58 bits per heavy atom. The number of aromatic nitrogens is 5. The first kappa shape index (κ1) is 36.8. The number of hydrogen-bond acceptors (Lipinski definition) is 9. The number of rotatable bonds is 4. The molecule has 3 aromatic heterocycles. The normalized spacial score (nSPS) is 27.9. The summed E-state index contributed by atoms with van der Waals surface area (Å²) >= 11 is 0. The van der Waals surface area contributed by atoms with Crippen molar-refractivity contribution in [1.29, 1.82) is 0 Å². The number of nitrogens with zero attached hydrogens (tertiary/aromatic N) is 7. The van der Waals surface area contributed by atoms with Gasteiger partial charge in [0.2, 0.25) is 17.5 Å². The molecule has 3 N–H and O–H groups in total. The van der Waals surface area contributed by atoms with Crippen LogP contribution in [0.25, 0.3) is 27.6 Å². The third-order valence-corrected chi connectivity index (χ3v) is 12.4. The number of piperazine rings is 1. The second-order valence-electron chi connectivity index (χ2n) is 16.0. The van der Waals surface area contributed by atoms with E-state index in [2.05, 4.69) is 38.5 Å². The Labute approximate surface area is 326 Å². The third kappa shape index (κ3) is 5.52. The van der Waals surface area contributed by atoms with Crippen molar-refractivity contribution in [2.75, 3.05) is 20.1 Å². The molecule has 296 valence electrons. The maximum Gasteiger partial charge on any atom is 0.332 e. The van der Waals surface area contributed by atoms with E-state index in [1.165, 1.54) is 40.7 Å². The molecule has 3 amide bonds. The lowest BCUT2D eigenvalue weighted by molar-refractivity contribution is -0.315. The van der Waals surface area contributed by atoms with Crippen LogP contribution < -0.4 is 16.6 Å². The zero-order valence-electron chi connectivity index (χ0n) is 32.4. The predicted octanol–water partition coefficient (Wildman–Crippen LogP) is 0.962. The number of aromatic amines is 1. The molecular formula is C41H45N9O7. The quantitative estimate of drug-likeness (QED) is 0.240. The fourth-order valence-corrected chi connectivity index (χ4v) is 9.59. The first-order chi connectivity index (χ1) is 27.2. The molecule has 0 spiro atoms. The Morgan fingerprint density at radius 1 is 1.04 bits per heavy atom. The number of H-pyrrole nitrogens is 1. The molecular weight excluding hydrogens is 731 g/mol. The molecule has 5 aliphatic rings. The molecule has 6 atom stereocenters. The minimum atomic E-state index is -2.04. The zero-order valence-corrected chi connectivity index (χ0v) is 32.4. The predicted molar refractivity (Wildman–Crippen MR) is 209 cm³/mol. The molecule has 3 saturated heterocycles. The van der Waals surface area contributed by atoms with Gasteiger partial charge in [0.05, 0.1) is 12.2 Å². The number of ether oxygens (including phenoxy) is 1. The average Bonchev–Trinajstić information content (AvgIpc) is 3.99. The Balaban J connectivity index is 0.000000255. The van der Waals surface area contributed by atoms with Crippen molar-refractivity contribution >= 4 is 45.4 Å². The average molecular weight is 776 g/mol. The number of hydrogen-bond donors (Lipinski definition) is 3. The highest BCUT2D eigenvalue weighted by molar-refractivity contribution is 6.01. The zero-order chi connectivity index (χ0) is 40.1. The number of carbonyl (C=O) groups is 3. The molecule has 16 heteroatoms. The molecule has 16 nitrogen and oxygen atoms in total. The van der Waals surface area contributed by atoms with Gasteiger partial charge in [-0.05, 0) is 61.6 Å². The van der Waals surface area contributed by atoms with Crippen LogP contribution >= 0.6 is 0 Å². The second kappa shape index (κ2) is 13.1. The van der Waals surface area contributed by atoms with Gasteiger partial charge in [0.1, 0.15) is 12.1 Å². The monoisotopic (exact) mass is 775 g/mol. The van der Waals surface area contributed by atoms with Crippen LogP contribution in [0.3, 0.4) is 0 Å². The molecule has 0 unspecified atom stereocenters. The smallest absolute Gasteiger partial charge is 0.332 e. The van der Waals surface area contributed by atoms with Crippen molar-refractivity contribution in [1.82, 2.24) is 43.7 Å². The van der Waals surface area contributed by atoms with Crippen LogP contribution in [0.15, 0.2) is 76.7 Å². The number of likely N-dealkylation sites (N-methyl/N-ethyl adjacent to an activating group) is 1. The summed E-state index contributed by atoms with van der Waals surface area (Å²) in [4.78, 5) is 77.4. The summed E-state index contributed by atoms with van der Waals surface area (Å²) in [5, 5.41) is 16.1. The van der Waals surface area contributed by atoms with E-state index >= 15 is 0 Å². The number of imidazole rings is 1. The standard InChI is InChI=1S/C33H35N5O5.C8H10N4O2/c1-32(35-29(39)21-15-23-22-10-6-11-24-28(22)20(17-34-24)16-25(23)36(2)18-21)31(41)38-26(14-19-8-4-3-5-9-19)30(40)37-13-7-12-27(37)33(38,42)43-32;1-10-4-9-6-5(10)7(13)12(3)8(14)11(6)2/h3-6,8-11,15,17,21,25-27,34,42H,7,12-14,16,18H2,1-2H3,(H,35,39);4H,1-3H3/t21-,25-,26+,27+,32-,33+;/m1./s1. The molecule has 0 saturated carbocycles. The SMILES string of the molecule is CN1C[C@H](C(=O)N[C@]2(C)O[C@@]3(O)[C@@H]4CCCN4C(=O)[C@H](Cc4ccccc4)N3C2=O)C=C2c3cccc4[nH]cc(c34)C[C@H]21.Cn1c(=O)c2c(ncn2C)n(C)c1=O. The van der Waals surface area contributed by atoms with E-state index in [1.807, 2.05) is 49.5 Å². The van der Waals surface area contributed by atoms with Gasteiger partial charge >= 0.3 is 5.69 Å². The minimum Gasteiger partial charge on any atom is -0.361 e. The van der Waals surface area contributed by atoms with Crippen molar-refractivity contribution in [3.8, 4) is 0 Å². The summed E-state index contributed by atoms with van der Waals surface area (Å²) in [6.07, 6.45) is 7.90. The molecule has 5 aromatic rings. The van der Waals surface area contributed by atoms with E-state index < -0.39 is 35.5 Å². The van der Waals surface area contributed by atoms with Crippen molar-refractivity contribution in [3.63, 3.8) is 0 Å². The molecule has 57 heavy (non-hydrogen) atoms. The summed E-state index contributed by atoms with van der Waals surface area (Å²) in [5.74, 6) is -3.77. The number of aliphatic hydroxyl groups is 1. The minimum absolute atomic E-state index is 0.144. The van der Waals surface area contributed by atoms with Crippen molar-refractivity contribution in [3.05, 3.63) is 105 Å². The molecule has 0 bridgehead atoms. The van der Waals surface area contributed by atoms with Crippen LogP contribution in [-0.2, 0) is 53.1 Å². The molecule has 4 aliphatic heterocycles. The summed E-state index contributed by atoms with van der Waals surface area (Å²) < 4.78 is 10.3. The van der Waals surface area contributed by atoms with Crippen LogP contribution in [0, 0.1) is 5.92 Å². The van der Waals surface area contributed by atoms with Crippen LogP contribution in [0.5, 0.6) is 0 Å². The number of amides is 3. The molecule has 7 heterocycles. The Kier molecular flexibility index (Phi) is 8.46. The van der Waals surface area contributed by atoms with Gasteiger partial charge in [0.15, 0.2) is 11.2 Å². The summed E-state index contributed by atoms with van der Waals surface area (Å²) in [7, 11) is 6.79. The van der Waals surface area contributed by atoms with Crippen LogP contribution in [0.4, 0.5) is 0 Å². The van der Waals surface area contributed by atoms with Gasteiger partial charge < -0.3 is 24.9 Å². The van der Waals surface area contributed by atoms with Crippen molar-refractivity contribution < 1.29 is 24.2 Å². The highest BCUT2D eigenvalue weighted by Gasteiger charge is 2.70. The van der Waals surface area contributed by atoms with Gasteiger partial charge in [-0.2, -0.15) is 0 Å². The number of nitrogens with one attached hydrogen (secondary N) is 2. The van der Waals surface area contributed by atoms with Crippen molar-refractivity contribution in [2.24, 2.45) is 27.1 Å². The molecule has 2 aromatic carbocycles. The highest BCUT2D eigenvalue weighted by Crippen LogP contribution is 2.46. The lowest BCUT2D eigenvalue weighted by Crippen LogP contribution is -2.71. The summed E-state index contributed by atoms with van der Waals surface area (Å²) in [5.41, 5.74) is 3.76. The topological polar surface area (TPSA) is 180 Å². The van der Waals surface area contributed by atoms with E-state index in [1.54, 1.807) is 23.6 Å². The largest absolute Gasteiger partial charge is 0.361 e. The Bertz CT molecular complexity index is 2640. The number of fused-ring (bicyclic) bond motifs is 6. The Morgan fingerprint density at radius 2 is 1.81 bits per heavy atom. The van der Waals surface area contributed by atoms with Crippen LogP contribution in [-0.4, -0.2) is 111 Å². The van der Waals surface area contributed by atoms with E-state index in [9.17, 15) is 29.1 Å². The Hall–Kier alpha value is -5.84. The van der Waals surface area contributed by atoms with Gasteiger partial charge in [-0.1, -0.05) is 48.5 Å². The first-order valence-electron chi connectivity index (χ1n) is 19.2. The summed E-state index contributed by atoms with van der Waals surface area (Å²) in [6, 6.07) is 14.1. The van der Waals surface area contributed by atoms with Gasteiger partial charge in [0, 0.05) is 63.8 Å². The van der Waals surface area contributed by atoms with E-state index in [-0.39, 0.29) is 35.5 Å². The van der Waals surface area contributed by atoms with Gasteiger partial charge in [-0.3, -0.25) is 42.8 Å². The maximum absolute atomic E-state index is 14.2. The van der Waals surface area contributed by atoms with Crippen molar-refractivity contribution in [2.45, 2.75) is 62.4 Å². The molecule has 3 fully saturated rings. The lowest BCUT2D eigenvalue weighted by Gasteiger charge is -2.48. The van der Waals surface area contributed by atoms with Gasteiger partial charge in [0.25, 0.3) is 17.4 Å². The fraction of sp³-hybridized carbons (Fsp3) is 0.415. The number of benzene rings is 2. The van der Waals surface area contributed by atoms with Crippen LogP contribution in [0.2, 0.25) is 0 Å². The van der Waals surface area contributed by atoms with Gasteiger partial charge in [-0.15, -0.1) is 0 Å². The second-order valence-corrected chi connectivity index (χ2v) is 16.0. The highest BCUT2D eigenvalue weighted by atomic mass is 16.7. The molecule has 1 aliphatic carbocycles. The van der Waals surface area contributed by atoms with E-state index in [4.69, 9.17) is 4.74 Å². The molecule has 10 rings (SSSR count). The number of aryl methyl sites for hydroxylation is 2. The molecule has 0 radical (unpaired) electrons. The van der Waals surface area contributed by atoms with Gasteiger partial charge in [-0.25, -0.2) is 9.78 Å². The third-order valence-electron chi connectivity index (χ3n) is 12.4. The lowest BCUT2D eigenvalue weighted by atomic mass is 9.79. The van der Waals surface area contributed by atoms with E-state index in [0.29, 0.717) is 37.1 Å².